The van der Waals surface area contributed by atoms with Gasteiger partial charge in [-0.05, 0) is 19.4 Å². The van der Waals surface area contributed by atoms with E-state index < -0.39 is 0 Å². The van der Waals surface area contributed by atoms with E-state index in [4.69, 9.17) is 16.3 Å². The molecule has 1 aromatic heterocycles. The maximum Gasteiger partial charge on any atom is 0.270 e. The molecule has 1 aliphatic heterocycles. The van der Waals surface area contributed by atoms with Crippen LogP contribution in [0.2, 0.25) is 5.02 Å². The molecule has 5 nitrogen and oxygen atoms in total. The molecule has 2 aromatic rings. The molecule has 1 N–H and O–H groups in total. The van der Waals surface area contributed by atoms with Crippen LogP contribution in [0.1, 0.15) is 24.4 Å². The molecule has 0 aliphatic carbocycles. The lowest BCUT2D eigenvalue weighted by atomic mass is 10.0. The molecule has 3 rings (SSSR count). The van der Waals surface area contributed by atoms with E-state index in [-0.39, 0.29) is 10.6 Å². The number of aromatic nitrogens is 2. The number of morpholine rings is 1. The summed E-state index contributed by atoms with van der Waals surface area (Å²) in [6.45, 7) is 7.41. The summed E-state index contributed by atoms with van der Waals surface area (Å²) < 4.78 is 5.40. The van der Waals surface area contributed by atoms with Crippen LogP contribution < -0.4 is 5.56 Å². The fourth-order valence-electron chi connectivity index (χ4n) is 2.86. The Labute approximate surface area is 140 Å². The second kappa shape index (κ2) is 6.83. The third-order valence-electron chi connectivity index (χ3n) is 4.24. The van der Waals surface area contributed by atoms with Gasteiger partial charge in [-0.3, -0.25) is 9.69 Å². The number of aryl methyl sites for hydroxylation is 1. The van der Waals surface area contributed by atoms with Crippen LogP contribution in [-0.4, -0.2) is 41.2 Å². The summed E-state index contributed by atoms with van der Waals surface area (Å²) in [7, 11) is 0. The van der Waals surface area contributed by atoms with Crippen LogP contribution >= 0.6 is 11.6 Å². The minimum Gasteiger partial charge on any atom is -0.379 e. The Morgan fingerprint density at radius 1 is 1.26 bits per heavy atom. The van der Waals surface area contributed by atoms with Gasteiger partial charge in [0.05, 0.1) is 18.9 Å². The summed E-state index contributed by atoms with van der Waals surface area (Å²) in [4.78, 5) is 21.1. The monoisotopic (exact) mass is 333 g/mol. The highest BCUT2D eigenvalue weighted by Gasteiger charge is 2.18. The number of hydrogen-bond donors (Lipinski definition) is 1. The Morgan fingerprint density at radius 3 is 2.57 bits per heavy atom. The molecule has 0 spiro atoms. The van der Waals surface area contributed by atoms with Crippen molar-refractivity contribution >= 4 is 11.6 Å². The van der Waals surface area contributed by atoms with Crippen molar-refractivity contribution < 1.29 is 4.74 Å². The van der Waals surface area contributed by atoms with Gasteiger partial charge < -0.3 is 9.72 Å². The van der Waals surface area contributed by atoms with Crippen LogP contribution in [0.3, 0.4) is 0 Å². The van der Waals surface area contributed by atoms with Crippen LogP contribution in [0.5, 0.6) is 0 Å². The largest absolute Gasteiger partial charge is 0.379 e. The number of halogens is 1. The predicted molar refractivity (Wildman–Crippen MR) is 90.8 cm³/mol. The summed E-state index contributed by atoms with van der Waals surface area (Å²) in [6.07, 6.45) is 0. The van der Waals surface area contributed by atoms with Crippen LogP contribution in [0.4, 0.5) is 0 Å². The second-order valence-corrected chi connectivity index (χ2v) is 6.14. The molecule has 0 radical (unpaired) electrons. The molecule has 0 bridgehead atoms. The van der Waals surface area contributed by atoms with E-state index in [9.17, 15) is 4.79 Å². The molecule has 1 aromatic carbocycles. The van der Waals surface area contributed by atoms with Crippen LogP contribution in [0, 0.1) is 6.92 Å². The van der Waals surface area contributed by atoms with Crippen molar-refractivity contribution in [3.63, 3.8) is 0 Å². The van der Waals surface area contributed by atoms with Gasteiger partial charge >= 0.3 is 0 Å². The maximum absolute atomic E-state index is 11.8. The molecule has 0 amide bonds. The fourth-order valence-corrected chi connectivity index (χ4v) is 3.06. The normalized spacial score (nSPS) is 17.2. The highest BCUT2D eigenvalue weighted by atomic mass is 35.5. The average Bonchev–Trinajstić information content (AvgIpc) is 2.58. The molecule has 0 saturated carbocycles. The molecule has 6 heteroatoms. The van der Waals surface area contributed by atoms with Crippen molar-refractivity contribution in [2.24, 2.45) is 0 Å². The Balaban J connectivity index is 1.86. The van der Waals surface area contributed by atoms with Gasteiger partial charge in [0.25, 0.3) is 5.56 Å². The number of benzene rings is 1. The van der Waals surface area contributed by atoms with E-state index in [1.54, 1.807) is 6.92 Å². The molecule has 2 heterocycles. The third-order valence-corrected chi connectivity index (χ3v) is 4.59. The molecule has 23 heavy (non-hydrogen) atoms. The van der Waals surface area contributed by atoms with Crippen molar-refractivity contribution in [3.05, 3.63) is 51.0 Å². The number of H-pyrrole nitrogens is 1. The van der Waals surface area contributed by atoms with Crippen LogP contribution in [0.15, 0.2) is 29.1 Å². The first kappa shape index (κ1) is 16.2. The molecule has 1 aliphatic rings. The highest BCUT2D eigenvalue weighted by molar-refractivity contribution is 6.32. The summed E-state index contributed by atoms with van der Waals surface area (Å²) in [6, 6.07) is 8.42. The van der Waals surface area contributed by atoms with Crippen LogP contribution in [0.25, 0.3) is 11.3 Å². The lowest BCUT2D eigenvalue weighted by Gasteiger charge is -2.32. The summed E-state index contributed by atoms with van der Waals surface area (Å²) >= 11 is 6.10. The topological polar surface area (TPSA) is 58.2 Å². The second-order valence-electron chi connectivity index (χ2n) is 5.76. The zero-order valence-corrected chi connectivity index (χ0v) is 14.1. The van der Waals surface area contributed by atoms with Gasteiger partial charge in [-0.25, -0.2) is 4.98 Å². The average molecular weight is 334 g/mol. The van der Waals surface area contributed by atoms with Gasteiger partial charge in [0, 0.05) is 24.7 Å². The zero-order valence-electron chi connectivity index (χ0n) is 13.3. The van der Waals surface area contributed by atoms with E-state index in [2.05, 4.69) is 33.9 Å². The van der Waals surface area contributed by atoms with Gasteiger partial charge in [-0.2, -0.15) is 0 Å². The molecular formula is C17H20ClN3O2. The number of nitrogens with one attached hydrogen (secondary N) is 1. The Kier molecular flexibility index (Phi) is 4.80. The van der Waals surface area contributed by atoms with Crippen molar-refractivity contribution in [1.29, 1.82) is 0 Å². The zero-order chi connectivity index (χ0) is 16.4. The van der Waals surface area contributed by atoms with Crippen LogP contribution in [-0.2, 0) is 4.74 Å². The van der Waals surface area contributed by atoms with E-state index in [1.807, 2.05) is 12.1 Å². The summed E-state index contributed by atoms with van der Waals surface area (Å²) in [5, 5.41) is 0.129. The minimum atomic E-state index is -0.306. The van der Waals surface area contributed by atoms with Gasteiger partial charge in [-0.1, -0.05) is 35.9 Å². The first-order valence-corrected chi connectivity index (χ1v) is 8.12. The summed E-state index contributed by atoms with van der Waals surface area (Å²) in [5.41, 5.74) is 2.30. The molecule has 1 saturated heterocycles. The lowest BCUT2D eigenvalue weighted by molar-refractivity contribution is 0.0198. The van der Waals surface area contributed by atoms with Gasteiger partial charge in [0.2, 0.25) is 0 Å². The molecular weight excluding hydrogens is 314 g/mol. The smallest absolute Gasteiger partial charge is 0.270 e. The fraction of sp³-hybridized carbons (Fsp3) is 0.412. The van der Waals surface area contributed by atoms with Crippen molar-refractivity contribution in [1.82, 2.24) is 14.9 Å². The lowest BCUT2D eigenvalue weighted by Crippen LogP contribution is -2.37. The van der Waals surface area contributed by atoms with E-state index in [0.717, 1.165) is 31.9 Å². The number of nitrogens with zero attached hydrogens (tertiary/aromatic N) is 2. The highest BCUT2D eigenvalue weighted by Crippen LogP contribution is 2.26. The molecule has 1 atom stereocenters. The predicted octanol–water partition coefficient (Wildman–Crippen LogP) is 2.79. The number of aromatic amines is 1. The summed E-state index contributed by atoms with van der Waals surface area (Å²) in [5.74, 6) is 0.556. The Morgan fingerprint density at radius 2 is 1.91 bits per heavy atom. The molecule has 122 valence electrons. The first-order chi connectivity index (χ1) is 11.1. The van der Waals surface area contributed by atoms with Crippen molar-refractivity contribution in [3.8, 4) is 11.3 Å². The Bertz CT molecular complexity index is 736. The first-order valence-electron chi connectivity index (χ1n) is 7.75. The number of rotatable bonds is 3. The van der Waals surface area contributed by atoms with E-state index in [0.29, 0.717) is 17.6 Å². The SMILES string of the molecule is Cc1nc(-c2ccc([C@H](C)N3CCOCC3)cc2)c(Cl)c(=O)[nH]1. The van der Waals surface area contributed by atoms with E-state index in [1.165, 1.54) is 5.56 Å². The number of hydrogen-bond acceptors (Lipinski definition) is 4. The third kappa shape index (κ3) is 3.47. The van der Waals surface area contributed by atoms with Crippen molar-refractivity contribution in [2.45, 2.75) is 19.9 Å². The minimum absolute atomic E-state index is 0.129. The maximum atomic E-state index is 11.8. The van der Waals surface area contributed by atoms with Crippen molar-refractivity contribution in [2.75, 3.05) is 26.3 Å². The van der Waals surface area contributed by atoms with Gasteiger partial charge in [-0.15, -0.1) is 0 Å². The molecule has 1 fully saturated rings. The Hall–Kier alpha value is -1.69. The molecule has 0 unspecified atom stereocenters. The quantitative estimate of drug-likeness (QED) is 0.938. The number of ether oxygens (including phenoxy) is 1. The van der Waals surface area contributed by atoms with Gasteiger partial charge in [0.15, 0.2) is 0 Å². The van der Waals surface area contributed by atoms with E-state index >= 15 is 0 Å². The van der Waals surface area contributed by atoms with Gasteiger partial charge in [0.1, 0.15) is 10.8 Å². The standard InChI is InChI=1S/C17H20ClN3O2/c1-11(21-7-9-23-10-8-21)13-3-5-14(6-4-13)16-15(18)17(22)20-12(2)19-16/h3-6,11H,7-10H2,1-2H3,(H,19,20,22)/t11-/m0/s1.